The van der Waals surface area contributed by atoms with Gasteiger partial charge in [0.25, 0.3) is 0 Å². The lowest BCUT2D eigenvalue weighted by atomic mass is 10.4. The first-order valence-corrected chi connectivity index (χ1v) is 4.71. The van der Waals surface area contributed by atoms with Crippen LogP contribution in [0, 0.1) is 11.8 Å². The summed E-state index contributed by atoms with van der Waals surface area (Å²) in [4.78, 5) is 2.24. The maximum Gasteiger partial charge on any atom is 0.107 e. The monoisotopic (exact) mass is 185 g/mol. The van der Waals surface area contributed by atoms with Crippen molar-refractivity contribution in [2.75, 3.05) is 39.5 Å². The summed E-state index contributed by atoms with van der Waals surface area (Å²) in [6.45, 7) is 7.96. The minimum absolute atomic E-state index is 0.0672. The smallest absolute Gasteiger partial charge is 0.107 e. The predicted octanol–water partition coefficient (Wildman–Crippen LogP) is 0.341. The Bertz CT molecular complexity index is 156. The zero-order valence-corrected chi connectivity index (χ0v) is 8.55. The van der Waals surface area contributed by atoms with Gasteiger partial charge in [0, 0.05) is 0 Å². The number of aliphatic hydroxyl groups is 1. The third kappa shape index (κ3) is 7.79. The summed E-state index contributed by atoms with van der Waals surface area (Å²) < 4.78 is 4.99. The van der Waals surface area contributed by atoms with E-state index < -0.39 is 0 Å². The highest BCUT2D eigenvalue weighted by atomic mass is 16.5. The van der Waals surface area contributed by atoms with Crippen LogP contribution in [0.2, 0.25) is 0 Å². The highest BCUT2D eigenvalue weighted by Gasteiger charge is 1.92. The van der Waals surface area contributed by atoms with Crippen LogP contribution in [-0.4, -0.2) is 49.5 Å². The molecule has 3 nitrogen and oxygen atoms in total. The molecule has 0 spiro atoms. The fourth-order valence-corrected chi connectivity index (χ4v) is 0.854. The molecule has 0 aromatic rings. The summed E-state index contributed by atoms with van der Waals surface area (Å²) in [7, 11) is 0. The van der Waals surface area contributed by atoms with Crippen LogP contribution in [0.3, 0.4) is 0 Å². The first-order valence-electron chi connectivity index (χ1n) is 4.71. The van der Waals surface area contributed by atoms with E-state index in [4.69, 9.17) is 9.84 Å². The highest BCUT2D eigenvalue weighted by molar-refractivity contribution is 5.01. The molecule has 0 atom stereocenters. The number of hydrogen-bond donors (Lipinski definition) is 1. The van der Waals surface area contributed by atoms with E-state index in [9.17, 15) is 0 Å². The Hall–Kier alpha value is -0.560. The second-order valence-corrected chi connectivity index (χ2v) is 2.59. The number of nitrogens with zero attached hydrogens (tertiary/aromatic N) is 1. The summed E-state index contributed by atoms with van der Waals surface area (Å²) >= 11 is 0. The van der Waals surface area contributed by atoms with E-state index in [2.05, 4.69) is 30.6 Å². The van der Waals surface area contributed by atoms with Gasteiger partial charge in [-0.2, -0.15) is 0 Å². The van der Waals surface area contributed by atoms with Crippen LogP contribution in [0.5, 0.6) is 0 Å². The first kappa shape index (κ1) is 12.4. The van der Waals surface area contributed by atoms with Gasteiger partial charge in [-0.1, -0.05) is 25.7 Å². The predicted molar refractivity (Wildman–Crippen MR) is 53.5 cm³/mol. The highest BCUT2D eigenvalue weighted by Crippen LogP contribution is 1.83. The van der Waals surface area contributed by atoms with Crippen molar-refractivity contribution in [3.05, 3.63) is 0 Å². The third-order valence-corrected chi connectivity index (χ3v) is 1.73. The Morgan fingerprint density at radius 1 is 1.23 bits per heavy atom. The van der Waals surface area contributed by atoms with Gasteiger partial charge >= 0.3 is 0 Å². The van der Waals surface area contributed by atoms with Crippen molar-refractivity contribution >= 4 is 0 Å². The first-order chi connectivity index (χ1) is 6.35. The summed E-state index contributed by atoms with van der Waals surface area (Å²) in [6.07, 6.45) is 0. The normalized spacial score (nSPS) is 9.85. The van der Waals surface area contributed by atoms with E-state index in [1.54, 1.807) is 0 Å². The maximum absolute atomic E-state index is 8.41. The number of hydrogen-bond acceptors (Lipinski definition) is 3. The molecule has 0 aliphatic heterocycles. The number of rotatable bonds is 6. The zero-order chi connectivity index (χ0) is 9.94. The van der Waals surface area contributed by atoms with Gasteiger partial charge in [-0.25, -0.2) is 0 Å². The summed E-state index contributed by atoms with van der Waals surface area (Å²) in [5.74, 6) is 5.91. The van der Waals surface area contributed by atoms with E-state index in [0.717, 1.165) is 19.6 Å². The van der Waals surface area contributed by atoms with Gasteiger partial charge in [0.05, 0.1) is 19.8 Å². The lowest BCUT2D eigenvalue weighted by Gasteiger charge is -2.13. The Balaban J connectivity index is 3.37. The molecule has 0 unspecified atom stereocenters. The second-order valence-electron chi connectivity index (χ2n) is 2.59. The largest absolute Gasteiger partial charge is 0.394 e. The molecule has 3 heteroatoms. The summed E-state index contributed by atoms with van der Waals surface area (Å²) in [6, 6.07) is 0. The molecule has 0 saturated carbocycles. The van der Waals surface area contributed by atoms with E-state index in [-0.39, 0.29) is 6.61 Å². The van der Waals surface area contributed by atoms with Crippen LogP contribution in [0.15, 0.2) is 0 Å². The minimum Gasteiger partial charge on any atom is -0.394 e. The Kier molecular flexibility index (Phi) is 9.12. The lowest BCUT2D eigenvalue weighted by Crippen LogP contribution is -2.22. The molecule has 0 aliphatic carbocycles. The van der Waals surface area contributed by atoms with Crippen molar-refractivity contribution in [2.45, 2.75) is 13.8 Å². The minimum atomic E-state index is 0.0672. The van der Waals surface area contributed by atoms with Crippen LogP contribution in [0.4, 0.5) is 0 Å². The van der Waals surface area contributed by atoms with Crippen LogP contribution >= 0.6 is 0 Å². The molecular formula is C10H19NO2. The Morgan fingerprint density at radius 2 is 1.92 bits per heavy atom. The van der Waals surface area contributed by atoms with Gasteiger partial charge in [-0.15, -0.1) is 0 Å². The molecule has 0 saturated heterocycles. The molecule has 0 aliphatic rings. The Labute approximate surface area is 80.7 Å². The average molecular weight is 185 g/mol. The van der Waals surface area contributed by atoms with Gasteiger partial charge in [0.2, 0.25) is 0 Å². The lowest BCUT2D eigenvalue weighted by molar-refractivity contribution is 0.115. The van der Waals surface area contributed by atoms with Crippen molar-refractivity contribution in [2.24, 2.45) is 0 Å². The SMILES string of the molecule is CCN(CC)CC#CCOCCO. The van der Waals surface area contributed by atoms with E-state index in [1.807, 2.05) is 0 Å². The van der Waals surface area contributed by atoms with Crippen LogP contribution in [0.25, 0.3) is 0 Å². The van der Waals surface area contributed by atoms with Crippen LogP contribution in [0.1, 0.15) is 13.8 Å². The molecule has 1 N–H and O–H groups in total. The number of aliphatic hydroxyl groups excluding tert-OH is 1. The van der Waals surface area contributed by atoms with Crippen LogP contribution < -0.4 is 0 Å². The standard InChI is InChI=1S/C10H19NO2/c1-3-11(4-2)7-5-6-9-13-10-8-12/h12H,3-4,7-10H2,1-2H3. The summed E-state index contributed by atoms with van der Waals surface area (Å²) in [5.41, 5.74) is 0. The fourth-order valence-electron chi connectivity index (χ4n) is 0.854. The molecule has 0 rings (SSSR count). The fraction of sp³-hybridized carbons (Fsp3) is 0.800. The van der Waals surface area contributed by atoms with Gasteiger partial charge in [0.1, 0.15) is 6.61 Å². The van der Waals surface area contributed by atoms with E-state index in [1.165, 1.54) is 0 Å². The molecule has 0 radical (unpaired) electrons. The van der Waals surface area contributed by atoms with E-state index >= 15 is 0 Å². The summed E-state index contributed by atoms with van der Waals surface area (Å²) in [5, 5.41) is 8.41. The van der Waals surface area contributed by atoms with Crippen molar-refractivity contribution in [1.29, 1.82) is 0 Å². The zero-order valence-electron chi connectivity index (χ0n) is 8.55. The van der Waals surface area contributed by atoms with Gasteiger partial charge < -0.3 is 9.84 Å². The quantitative estimate of drug-likeness (QED) is 0.478. The molecule has 0 bridgehead atoms. The van der Waals surface area contributed by atoms with Crippen molar-refractivity contribution < 1.29 is 9.84 Å². The van der Waals surface area contributed by atoms with Crippen LogP contribution in [-0.2, 0) is 4.74 Å². The molecular weight excluding hydrogens is 166 g/mol. The van der Waals surface area contributed by atoms with Crippen molar-refractivity contribution in [3.63, 3.8) is 0 Å². The average Bonchev–Trinajstić information content (AvgIpc) is 2.17. The molecule has 0 heterocycles. The number of ether oxygens (including phenoxy) is 1. The second kappa shape index (κ2) is 9.53. The van der Waals surface area contributed by atoms with E-state index in [0.29, 0.717) is 13.2 Å². The Morgan fingerprint density at radius 3 is 2.46 bits per heavy atom. The molecule has 76 valence electrons. The van der Waals surface area contributed by atoms with Gasteiger partial charge in [0.15, 0.2) is 0 Å². The maximum atomic E-state index is 8.41. The van der Waals surface area contributed by atoms with Gasteiger partial charge in [-0.05, 0) is 13.1 Å². The topological polar surface area (TPSA) is 32.7 Å². The van der Waals surface area contributed by atoms with Crippen molar-refractivity contribution in [1.82, 2.24) is 4.90 Å². The molecule has 13 heavy (non-hydrogen) atoms. The molecule has 0 aromatic heterocycles. The molecule has 0 aromatic carbocycles. The molecule has 0 amide bonds. The molecule has 0 fully saturated rings. The van der Waals surface area contributed by atoms with Gasteiger partial charge in [-0.3, -0.25) is 4.90 Å². The third-order valence-electron chi connectivity index (χ3n) is 1.73. The van der Waals surface area contributed by atoms with Crippen molar-refractivity contribution in [3.8, 4) is 11.8 Å².